The van der Waals surface area contributed by atoms with E-state index >= 15 is 0 Å². The first-order valence-electron chi connectivity index (χ1n) is 6.77. The van der Waals surface area contributed by atoms with Crippen LogP contribution in [0.5, 0.6) is 0 Å². The number of ketones is 1. The van der Waals surface area contributed by atoms with Crippen LogP contribution in [0, 0.1) is 11.3 Å². The molecule has 0 aromatic heterocycles. The van der Waals surface area contributed by atoms with Gasteiger partial charge in [0, 0.05) is 25.6 Å². The first-order chi connectivity index (χ1) is 8.36. The molecule has 18 heavy (non-hydrogen) atoms. The first-order valence-corrected chi connectivity index (χ1v) is 6.77. The summed E-state index contributed by atoms with van der Waals surface area (Å²) in [4.78, 5) is 14.7. The molecule has 3 aliphatic heterocycles. The van der Waals surface area contributed by atoms with Crippen LogP contribution in [0.3, 0.4) is 0 Å². The van der Waals surface area contributed by atoms with Crippen LogP contribution in [0.1, 0.15) is 33.6 Å². The number of ether oxygens (including phenoxy) is 1. The lowest BCUT2D eigenvalue weighted by Crippen LogP contribution is -2.73. The lowest BCUT2D eigenvalue weighted by molar-refractivity contribution is -0.173. The third-order valence-corrected chi connectivity index (χ3v) is 4.63. The molecule has 104 valence electrons. The minimum atomic E-state index is -0.798. The van der Waals surface area contributed by atoms with E-state index in [2.05, 4.69) is 25.7 Å². The fraction of sp³-hybridized carbons (Fsp3) is 0.929. The molecule has 0 amide bonds. The van der Waals surface area contributed by atoms with Gasteiger partial charge in [0.05, 0.1) is 13.2 Å². The zero-order chi connectivity index (χ0) is 13.6. The standard InChI is InChI=1S/C14H25NO3/c1-13(2,3)11-7-10-5-6-15(11)14(8-16,9-18-4)12(10)17/h10-11,16H,5-9H2,1-4H3/t10-,11+,14+/m1/s1. The largest absolute Gasteiger partial charge is 0.394 e. The second-order valence-electron chi connectivity index (χ2n) is 6.78. The Morgan fingerprint density at radius 3 is 2.67 bits per heavy atom. The van der Waals surface area contributed by atoms with Crippen molar-refractivity contribution >= 4 is 5.78 Å². The molecule has 2 bridgehead atoms. The van der Waals surface area contributed by atoms with Crippen molar-refractivity contribution in [1.29, 1.82) is 0 Å². The van der Waals surface area contributed by atoms with E-state index in [9.17, 15) is 9.90 Å². The van der Waals surface area contributed by atoms with Crippen LogP contribution in [-0.2, 0) is 9.53 Å². The van der Waals surface area contributed by atoms with E-state index in [1.165, 1.54) is 0 Å². The minimum Gasteiger partial charge on any atom is -0.394 e. The average molecular weight is 255 g/mol. The molecule has 4 nitrogen and oxygen atoms in total. The number of aliphatic hydroxyl groups excluding tert-OH is 1. The lowest BCUT2D eigenvalue weighted by atomic mass is 9.65. The molecule has 3 aliphatic rings. The molecule has 4 heteroatoms. The molecule has 0 aromatic rings. The SMILES string of the molecule is COC[C@@]1(CO)C(=O)[C@@H]2CCN1[C@H](C(C)(C)C)C2. The van der Waals surface area contributed by atoms with Crippen molar-refractivity contribution < 1.29 is 14.6 Å². The van der Waals surface area contributed by atoms with Crippen molar-refractivity contribution in [2.45, 2.75) is 45.2 Å². The van der Waals surface area contributed by atoms with E-state index in [-0.39, 0.29) is 23.7 Å². The summed E-state index contributed by atoms with van der Waals surface area (Å²) in [6.45, 7) is 7.67. The van der Waals surface area contributed by atoms with Crippen molar-refractivity contribution in [2.75, 3.05) is 26.9 Å². The summed E-state index contributed by atoms with van der Waals surface area (Å²) in [7, 11) is 1.60. The highest BCUT2D eigenvalue weighted by molar-refractivity contribution is 5.92. The van der Waals surface area contributed by atoms with Gasteiger partial charge in [0.2, 0.25) is 0 Å². The molecular weight excluding hydrogens is 230 g/mol. The highest BCUT2D eigenvalue weighted by atomic mass is 16.5. The number of Topliss-reactive ketones (excluding diaryl/α,β-unsaturated/α-hetero) is 1. The third-order valence-electron chi connectivity index (χ3n) is 4.63. The van der Waals surface area contributed by atoms with Crippen molar-refractivity contribution in [3.8, 4) is 0 Å². The van der Waals surface area contributed by atoms with Crippen molar-refractivity contribution in [3.05, 3.63) is 0 Å². The van der Waals surface area contributed by atoms with Gasteiger partial charge < -0.3 is 9.84 Å². The maximum atomic E-state index is 12.5. The predicted molar refractivity (Wildman–Crippen MR) is 69.4 cm³/mol. The Morgan fingerprint density at radius 1 is 1.50 bits per heavy atom. The van der Waals surface area contributed by atoms with Crippen LogP contribution in [-0.4, -0.2) is 54.2 Å². The number of rotatable bonds is 3. The summed E-state index contributed by atoms with van der Waals surface area (Å²) in [6.07, 6.45) is 1.85. The number of methoxy groups -OCH3 is 1. The third kappa shape index (κ3) is 1.91. The Balaban J connectivity index is 2.37. The van der Waals surface area contributed by atoms with Crippen LogP contribution < -0.4 is 0 Å². The molecule has 4 atom stereocenters. The number of fused-ring (bicyclic) bond motifs is 3. The molecule has 3 heterocycles. The fourth-order valence-electron chi connectivity index (χ4n) is 3.67. The zero-order valence-corrected chi connectivity index (χ0v) is 11.9. The summed E-state index contributed by atoms with van der Waals surface area (Å²) in [5.41, 5.74) is -0.679. The van der Waals surface area contributed by atoms with Crippen molar-refractivity contribution in [1.82, 2.24) is 4.90 Å². The number of aliphatic hydroxyl groups is 1. The van der Waals surface area contributed by atoms with Gasteiger partial charge in [-0.25, -0.2) is 0 Å². The van der Waals surface area contributed by atoms with E-state index < -0.39 is 5.54 Å². The Labute approximate surface area is 109 Å². The van der Waals surface area contributed by atoms with Crippen LogP contribution in [0.25, 0.3) is 0 Å². The molecule has 0 spiro atoms. The number of nitrogens with zero attached hydrogens (tertiary/aromatic N) is 1. The Morgan fingerprint density at radius 2 is 2.17 bits per heavy atom. The molecule has 0 aliphatic carbocycles. The fourth-order valence-corrected chi connectivity index (χ4v) is 3.67. The Hall–Kier alpha value is -0.450. The zero-order valence-electron chi connectivity index (χ0n) is 11.9. The molecule has 0 saturated carbocycles. The second kappa shape index (κ2) is 4.58. The van der Waals surface area contributed by atoms with E-state index in [1.807, 2.05) is 0 Å². The second-order valence-corrected chi connectivity index (χ2v) is 6.78. The van der Waals surface area contributed by atoms with Crippen LogP contribution in [0.2, 0.25) is 0 Å². The smallest absolute Gasteiger partial charge is 0.161 e. The average Bonchev–Trinajstić information content (AvgIpc) is 2.32. The van der Waals surface area contributed by atoms with Crippen LogP contribution in [0.4, 0.5) is 0 Å². The Kier molecular flexibility index (Phi) is 3.56. The molecule has 0 radical (unpaired) electrons. The van der Waals surface area contributed by atoms with E-state index in [0.717, 1.165) is 19.4 Å². The van der Waals surface area contributed by atoms with E-state index in [1.54, 1.807) is 7.11 Å². The van der Waals surface area contributed by atoms with Crippen LogP contribution in [0.15, 0.2) is 0 Å². The normalized spacial score (nSPS) is 40.3. The first kappa shape index (κ1) is 14.0. The highest BCUT2D eigenvalue weighted by Gasteiger charge is 2.58. The summed E-state index contributed by atoms with van der Waals surface area (Å²) >= 11 is 0. The van der Waals surface area contributed by atoms with Gasteiger partial charge in [-0.05, 0) is 18.3 Å². The number of piperidine rings is 3. The summed E-state index contributed by atoms with van der Waals surface area (Å²) < 4.78 is 5.24. The summed E-state index contributed by atoms with van der Waals surface area (Å²) in [6, 6.07) is 0.344. The molecule has 3 fully saturated rings. The minimum absolute atomic E-state index is 0.0986. The molecule has 1 unspecified atom stereocenters. The Bertz CT molecular complexity index is 336. The van der Waals surface area contributed by atoms with E-state index in [4.69, 9.17) is 4.74 Å². The molecule has 3 saturated heterocycles. The molecule has 3 rings (SSSR count). The molecular formula is C14H25NO3. The number of carbonyl (C=O) groups is 1. The summed E-state index contributed by atoms with van der Waals surface area (Å²) in [5, 5.41) is 9.81. The highest BCUT2D eigenvalue weighted by Crippen LogP contribution is 2.45. The summed E-state index contributed by atoms with van der Waals surface area (Å²) in [5.74, 6) is 0.278. The van der Waals surface area contributed by atoms with Gasteiger partial charge in [-0.2, -0.15) is 0 Å². The monoisotopic (exact) mass is 255 g/mol. The van der Waals surface area contributed by atoms with Gasteiger partial charge in [-0.1, -0.05) is 20.8 Å². The van der Waals surface area contributed by atoms with Gasteiger partial charge in [0.15, 0.2) is 5.78 Å². The topological polar surface area (TPSA) is 49.8 Å². The number of hydrogen-bond acceptors (Lipinski definition) is 4. The maximum absolute atomic E-state index is 12.5. The van der Waals surface area contributed by atoms with Gasteiger partial charge >= 0.3 is 0 Å². The lowest BCUT2D eigenvalue weighted by Gasteiger charge is -2.59. The van der Waals surface area contributed by atoms with Gasteiger partial charge in [-0.15, -0.1) is 0 Å². The quantitative estimate of drug-likeness (QED) is 0.819. The van der Waals surface area contributed by atoms with E-state index in [0.29, 0.717) is 12.6 Å². The van der Waals surface area contributed by atoms with Crippen LogP contribution >= 0.6 is 0 Å². The number of carbonyl (C=O) groups excluding carboxylic acids is 1. The van der Waals surface area contributed by atoms with Gasteiger partial charge in [-0.3, -0.25) is 9.69 Å². The van der Waals surface area contributed by atoms with Gasteiger partial charge in [0.25, 0.3) is 0 Å². The maximum Gasteiger partial charge on any atom is 0.161 e. The predicted octanol–water partition coefficient (Wildman–Crippen LogP) is 1.07. The molecule has 0 aromatic carbocycles. The van der Waals surface area contributed by atoms with Crippen molar-refractivity contribution in [2.24, 2.45) is 11.3 Å². The molecule has 1 N–H and O–H groups in total. The number of hydrogen-bond donors (Lipinski definition) is 1. The van der Waals surface area contributed by atoms with Crippen molar-refractivity contribution in [3.63, 3.8) is 0 Å². The van der Waals surface area contributed by atoms with Gasteiger partial charge in [0.1, 0.15) is 5.54 Å².